The number of carbonyl (C=O) groups is 3. The number of aliphatic hydroxyl groups is 2. The van der Waals surface area contributed by atoms with Crippen molar-refractivity contribution in [2.24, 2.45) is 0 Å². The highest BCUT2D eigenvalue weighted by Gasteiger charge is 2.29. The topological polar surface area (TPSA) is 231 Å². The molecule has 0 spiro atoms. The Labute approximate surface area is 604 Å². The molecule has 99 heavy (non-hydrogen) atoms. The fourth-order valence-corrected chi connectivity index (χ4v) is 12.6. The number of aliphatic hydroxyl groups excluding tert-OH is 2. The van der Waals surface area contributed by atoms with E-state index in [-0.39, 0.29) is 19.3 Å². The molecule has 0 saturated carbocycles. The highest BCUT2D eigenvalue weighted by molar-refractivity contribution is 7.47. The predicted octanol–water partition coefficient (Wildman–Crippen LogP) is 23.2. The van der Waals surface area contributed by atoms with E-state index in [0.29, 0.717) is 19.3 Å². The highest BCUT2D eigenvalue weighted by Crippen LogP contribution is 2.45. The molecule has 0 aromatic carbocycles. The summed E-state index contributed by atoms with van der Waals surface area (Å²) in [6, 6.07) is 0. The Morgan fingerprint density at radius 2 is 0.505 bits per heavy atom. The van der Waals surface area contributed by atoms with Crippen LogP contribution in [0.1, 0.15) is 355 Å². The van der Waals surface area contributed by atoms with E-state index in [4.69, 9.17) is 32.3 Å². The molecule has 5 atom stereocenters. The van der Waals surface area contributed by atoms with Crippen LogP contribution >= 0.6 is 15.6 Å². The first-order chi connectivity index (χ1) is 48.2. The van der Waals surface area contributed by atoms with Gasteiger partial charge >= 0.3 is 33.6 Å². The van der Waals surface area contributed by atoms with Gasteiger partial charge in [0.2, 0.25) is 0 Å². The van der Waals surface area contributed by atoms with Gasteiger partial charge in [-0.05, 0) is 103 Å². The summed E-state index contributed by atoms with van der Waals surface area (Å²) in [7, 11) is -9.78. The molecular weight excluding hydrogens is 1290 g/mol. The molecule has 0 aliphatic rings. The number of allylic oxidation sites excluding steroid dienone is 14. The largest absolute Gasteiger partial charge is 0.472 e. The third-order valence-corrected chi connectivity index (χ3v) is 19.0. The normalized spacial score (nSPS) is 14.5. The first-order valence-electron chi connectivity index (χ1n) is 39.9. The highest BCUT2D eigenvalue weighted by atomic mass is 31.2. The van der Waals surface area contributed by atoms with Crippen molar-refractivity contribution in [3.63, 3.8) is 0 Å². The molecule has 0 saturated heterocycles. The molecule has 0 amide bonds. The van der Waals surface area contributed by atoms with E-state index < -0.39 is 91.5 Å². The third kappa shape index (κ3) is 75.7. The molecule has 0 heterocycles. The molecule has 18 heteroatoms. The van der Waals surface area contributed by atoms with Crippen molar-refractivity contribution < 1.29 is 75.8 Å². The van der Waals surface area contributed by atoms with Crippen LogP contribution < -0.4 is 0 Å². The molecule has 576 valence electrons. The van der Waals surface area contributed by atoms with Crippen molar-refractivity contribution in [2.75, 3.05) is 39.6 Å². The molecule has 0 radical (unpaired) electrons. The minimum Gasteiger partial charge on any atom is -0.463 e. The van der Waals surface area contributed by atoms with Gasteiger partial charge in [-0.1, -0.05) is 318 Å². The molecule has 0 fully saturated rings. The van der Waals surface area contributed by atoms with Crippen molar-refractivity contribution in [2.45, 2.75) is 373 Å². The molecule has 0 bridgehead atoms. The molecule has 0 aliphatic carbocycles. The molecule has 5 unspecified atom stereocenters. The van der Waals surface area contributed by atoms with Gasteiger partial charge in [-0.3, -0.25) is 32.5 Å². The van der Waals surface area contributed by atoms with E-state index >= 15 is 0 Å². The van der Waals surface area contributed by atoms with E-state index in [0.717, 1.165) is 122 Å². The van der Waals surface area contributed by atoms with E-state index in [9.17, 15) is 43.5 Å². The van der Waals surface area contributed by atoms with Crippen LogP contribution in [0.4, 0.5) is 0 Å². The van der Waals surface area contributed by atoms with E-state index in [2.05, 4.69) is 106 Å². The molecular formula is C81H146O16P2. The molecule has 0 aromatic rings. The quantitative estimate of drug-likeness (QED) is 0.0146. The summed E-state index contributed by atoms with van der Waals surface area (Å²) < 4.78 is 61.1. The number of esters is 3. The Morgan fingerprint density at radius 1 is 0.283 bits per heavy atom. The Hall–Kier alpha value is -3.27. The third-order valence-electron chi connectivity index (χ3n) is 17.1. The van der Waals surface area contributed by atoms with Gasteiger partial charge in [0.1, 0.15) is 25.4 Å². The lowest BCUT2D eigenvalue weighted by molar-refractivity contribution is -0.161. The van der Waals surface area contributed by atoms with E-state index in [1.54, 1.807) is 0 Å². The molecule has 0 aromatic heterocycles. The molecule has 0 aliphatic heterocycles. The van der Waals surface area contributed by atoms with E-state index in [1.165, 1.54) is 173 Å². The Morgan fingerprint density at radius 3 is 0.818 bits per heavy atom. The van der Waals surface area contributed by atoms with Crippen molar-refractivity contribution in [1.82, 2.24) is 0 Å². The van der Waals surface area contributed by atoms with Crippen LogP contribution in [0.5, 0.6) is 0 Å². The minimum atomic E-state index is -4.93. The van der Waals surface area contributed by atoms with Gasteiger partial charge in [0.05, 0.1) is 26.4 Å². The maximum atomic E-state index is 12.9. The number of phosphoric acid groups is 2. The zero-order valence-electron chi connectivity index (χ0n) is 62.9. The van der Waals surface area contributed by atoms with Crippen LogP contribution in [-0.4, -0.2) is 95.9 Å². The standard InChI is InChI=1S/C81H146O16P2/c1-4-7-10-13-16-19-22-25-27-29-31-32-33-34-35-36-37-38-39-40-41-42-44-46-47-50-52-55-58-61-64-67-79(84)91-70-76(82)71-93-98(87,88)94-72-77(83)73-95-99(89,90)96-75-78(97-81(86)69-66-63-60-57-54-49-24-21-18-15-12-9-6-3)74-92-80(85)68-65-62-59-56-53-51-48-45-43-30-28-26-23-20-17-14-11-8-5-2/h16-17,19-20,25-28,31-32,34-35,43,45,76-78,82-83H,4-15,18,21-24,29-30,33,36-42,44,46-75H2,1-3H3,(H,87,88)(H,89,90)/b19-16-,20-17-,27-25-,28-26-,32-31-,35-34-,45-43-. The number of ether oxygens (including phenoxy) is 3. The van der Waals surface area contributed by atoms with Crippen LogP contribution in [0.15, 0.2) is 85.1 Å². The first-order valence-corrected chi connectivity index (χ1v) is 42.9. The minimum absolute atomic E-state index is 0.106. The first kappa shape index (κ1) is 95.7. The van der Waals surface area contributed by atoms with Crippen molar-refractivity contribution in [3.8, 4) is 0 Å². The van der Waals surface area contributed by atoms with Crippen molar-refractivity contribution in [3.05, 3.63) is 85.1 Å². The number of phosphoric ester groups is 2. The second kappa shape index (κ2) is 74.4. The smallest absolute Gasteiger partial charge is 0.463 e. The molecule has 16 nitrogen and oxygen atoms in total. The summed E-state index contributed by atoms with van der Waals surface area (Å²) in [6.45, 7) is 2.65. The van der Waals surface area contributed by atoms with Gasteiger partial charge in [-0.2, -0.15) is 0 Å². The van der Waals surface area contributed by atoms with E-state index in [1.807, 2.05) is 0 Å². The molecule has 0 rings (SSSR count). The number of carbonyl (C=O) groups excluding carboxylic acids is 3. The second-order valence-corrected chi connectivity index (χ2v) is 29.8. The average Bonchev–Trinajstić information content (AvgIpc) is 1.02. The zero-order chi connectivity index (χ0) is 72.3. The lowest BCUT2D eigenvalue weighted by atomic mass is 10.0. The number of rotatable bonds is 76. The summed E-state index contributed by atoms with van der Waals surface area (Å²) in [5.74, 6) is -1.57. The van der Waals surface area contributed by atoms with Crippen molar-refractivity contribution >= 4 is 33.6 Å². The van der Waals surface area contributed by atoms with Gasteiger partial charge in [-0.25, -0.2) is 9.13 Å². The lowest BCUT2D eigenvalue weighted by Gasteiger charge is -2.21. The second-order valence-electron chi connectivity index (χ2n) is 26.9. The maximum Gasteiger partial charge on any atom is 0.472 e. The predicted molar refractivity (Wildman–Crippen MR) is 408 cm³/mol. The van der Waals surface area contributed by atoms with Gasteiger partial charge in [0.15, 0.2) is 6.10 Å². The fraction of sp³-hybridized carbons (Fsp3) is 0.790. The average molecular weight is 1440 g/mol. The van der Waals surface area contributed by atoms with Crippen LogP contribution in [0.3, 0.4) is 0 Å². The van der Waals surface area contributed by atoms with Gasteiger partial charge in [-0.15, -0.1) is 0 Å². The van der Waals surface area contributed by atoms with Crippen LogP contribution in [0, 0.1) is 0 Å². The summed E-state index contributed by atoms with van der Waals surface area (Å²) in [5.41, 5.74) is 0. The number of unbranched alkanes of at least 4 members (excludes halogenated alkanes) is 39. The van der Waals surface area contributed by atoms with Gasteiger partial charge in [0, 0.05) is 19.3 Å². The zero-order valence-corrected chi connectivity index (χ0v) is 64.7. The Bertz CT molecular complexity index is 2140. The Balaban J connectivity index is 4.42. The summed E-state index contributed by atoms with van der Waals surface area (Å²) in [4.78, 5) is 58.6. The van der Waals surface area contributed by atoms with Crippen LogP contribution in [0.25, 0.3) is 0 Å². The van der Waals surface area contributed by atoms with Crippen molar-refractivity contribution in [1.29, 1.82) is 0 Å². The molecule has 4 N–H and O–H groups in total. The Kier molecular flexibility index (Phi) is 72.0. The van der Waals surface area contributed by atoms with Crippen LogP contribution in [-0.2, 0) is 55.8 Å². The van der Waals surface area contributed by atoms with Gasteiger partial charge < -0.3 is 34.2 Å². The summed E-state index contributed by atoms with van der Waals surface area (Å²) in [6.07, 6.45) is 83.5. The summed E-state index contributed by atoms with van der Waals surface area (Å²) >= 11 is 0. The SMILES string of the molecule is CCCCC/C=C\C/C=C\C/C=C\C/C=C\CCCCCCCCCCCCCCCCCC(=O)OCC(O)COP(=O)(O)OCC(O)COP(=O)(O)OCC(COC(=O)CCCCCCCC/C=C\C/C=C\C/C=C\CCCCC)OC(=O)CCCCCCCCCCCCCCC. The summed E-state index contributed by atoms with van der Waals surface area (Å²) in [5, 5.41) is 20.6. The van der Waals surface area contributed by atoms with Gasteiger partial charge in [0.25, 0.3) is 0 Å². The monoisotopic (exact) mass is 1440 g/mol. The van der Waals surface area contributed by atoms with Crippen LogP contribution in [0.2, 0.25) is 0 Å². The number of hydrogen-bond donors (Lipinski definition) is 4. The fourth-order valence-electron chi connectivity index (χ4n) is 11.0. The number of hydrogen-bond acceptors (Lipinski definition) is 14. The lowest BCUT2D eigenvalue weighted by Crippen LogP contribution is -2.30. The maximum absolute atomic E-state index is 12.9.